The molecule has 2 N–H and O–H groups in total. The quantitative estimate of drug-likeness (QED) is 0.649. The molecule has 1 aliphatic rings. The number of likely N-dealkylation sites (tertiary alicyclic amines) is 1. The summed E-state index contributed by atoms with van der Waals surface area (Å²) in [5.74, 6) is -1.57. The lowest BCUT2D eigenvalue weighted by Gasteiger charge is -2.30. The van der Waals surface area contributed by atoms with Gasteiger partial charge in [0.15, 0.2) is 6.61 Å². The van der Waals surface area contributed by atoms with Gasteiger partial charge >= 0.3 is 5.97 Å². The maximum absolute atomic E-state index is 12.0. The first-order valence-corrected chi connectivity index (χ1v) is 8.25. The average molecular weight is 336 g/mol. The van der Waals surface area contributed by atoms with Gasteiger partial charge in [-0.2, -0.15) is 0 Å². The van der Waals surface area contributed by atoms with Crippen LogP contribution < -0.4 is 5.73 Å². The van der Waals surface area contributed by atoms with Gasteiger partial charge in [0.2, 0.25) is 5.91 Å². The largest absolute Gasteiger partial charge is 0.452 e. The minimum atomic E-state index is -0.562. The number of carbonyl (C=O) groups excluding carboxylic acids is 3. The number of primary amides is 1. The third-order valence-corrected chi connectivity index (χ3v) is 4.63. The predicted molar refractivity (Wildman–Crippen MR) is 87.5 cm³/mol. The SMILES string of the molecule is Cc1ccc(/C=C/C(=O)OCC(=O)N2CCC[C@H](C(N)=O)C2)s1. The zero-order valence-corrected chi connectivity index (χ0v) is 13.8. The molecular formula is C16H20N2O4S. The number of piperidine rings is 1. The summed E-state index contributed by atoms with van der Waals surface area (Å²) in [4.78, 5) is 38.5. The number of esters is 1. The van der Waals surface area contributed by atoms with Gasteiger partial charge in [0.1, 0.15) is 0 Å². The summed E-state index contributed by atoms with van der Waals surface area (Å²) in [5, 5.41) is 0. The van der Waals surface area contributed by atoms with Gasteiger partial charge in [0, 0.05) is 28.9 Å². The Morgan fingerprint density at radius 3 is 2.87 bits per heavy atom. The normalized spacial score (nSPS) is 18.1. The molecule has 0 bridgehead atoms. The van der Waals surface area contributed by atoms with Crippen LogP contribution in [0.4, 0.5) is 0 Å². The lowest BCUT2D eigenvalue weighted by molar-refractivity contribution is -0.149. The first-order chi connectivity index (χ1) is 11.0. The Labute approximate surface area is 138 Å². The predicted octanol–water partition coefficient (Wildman–Crippen LogP) is 1.34. The van der Waals surface area contributed by atoms with Crippen LogP contribution in [0.3, 0.4) is 0 Å². The number of amides is 2. The molecule has 6 nitrogen and oxygen atoms in total. The highest BCUT2D eigenvalue weighted by molar-refractivity contribution is 7.12. The van der Waals surface area contributed by atoms with Crippen molar-refractivity contribution in [1.29, 1.82) is 0 Å². The van der Waals surface area contributed by atoms with Crippen molar-refractivity contribution in [2.45, 2.75) is 19.8 Å². The molecule has 0 saturated carbocycles. The van der Waals surface area contributed by atoms with Crippen LogP contribution in [0.15, 0.2) is 18.2 Å². The van der Waals surface area contributed by atoms with Gasteiger partial charge in [-0.15, -0.1) is 11.3 Å². The third kappa shape index (κ3) is 5.21. The topological polar surface area (TPSA) is 89.7 Å². The molecule has 23 heavy (non-hydrogen) atoms. The molecule has 1 aromatic heterocycles. The van der Waals surface area contributed by atoms with Crippen molar-refractivity contribution in [2.24, 2.45) is 11.7 Å². The molecule has 1 fully saturated rings. The van der Waals surface area contributed by atoms with E-state index in [1.165, 1.54) is 11.0 Å². The van der Waals surface area contributed by atoms with Crippen molar-refractivity contribution < 1.29 is 19.1 Å². The van der Waals surface area contributed by atoms with E-state index in [9.17, 15) is 14.4 Å². The Morgan fingerprint density at radius 1 is 1.43 bits per heavy atom. The number of rotatable bonds is 5. The van der Waals surface area contributed by atoms with Crippen molar-refractivity contribution in [3.8, 4) is 0 Å². The van der Waals surface area contributed by atoms with E-state index in [2.05, 4.69) is 0 Å². The van der Waals surface area contributed by atoms with Crippen molar-refractivity contribution >= 4 is 35.2 Å². The molecule has 2 rings (SSSR count). The van der Waals surface area contributed by atoms with Crippen molar-refractivity contribution in [2.75, 3.05) is 19.7 Å². The van der Waals surface area contributed by atoms with Crippen LogP contribution in [0.2, 0.25) is 0 Å². The van der Waals surface area contributed by atoms with E-state index in [1.807, 2.05) is 19.1 Å². The summed E-state index contributed by atoms with van der Waals surface area (Å²) in [5.41, 5.74) is 5.28. The molecule has 124 valence electrons. The number of nitrogens with zero attached hydrogens (tertiary/aromatic N) is 1. The van der Waals surface area contributed by atoms with E-state index in [4.69, 9.17) is 10.5 Å². The Bertz CT molecular complexity index is 623. The Morgan fingerprint density at radius 2 is 2.22 bits per heavy atom. The molecule has 1 aliphatic heterocycles. The molecule has 0 aromatic carbocycles. The van der Waals surface area contributed by atoms with Crippen LogP contribution in [-0.4, -0.2) is 42.4 Å². The average Bonchev–Trinajstić information content (AvgIpc) is 2.96. The fraction of sp³-hybridized carbons (Fsp3) is 0.438. The Balaban J connectivity index is 1.78. The van der Waals surface area contributed by atoms with Crippen LogP contribution in [0.1, 0.15) is 22.6 Å². The van der Waals surface area contributed by atoms with E-state index in [-0.39, 0.29) is 18.4 Å². The van der Waals surface area contributed by atoms with Gasteiger partial charge in [-0.05, 0) is 38.0 Å². The van der Waals surface area contributed by atoms with Crippen molar-refractivity contribution in [3.05, 3.63) is 28.0 Å². The molecule has 2 heterocycles. The van der Waals surface area contributed by atoms with Gasteiger partial charge in [-0.25, -0.2) is 4.79 Å². The van der Waals surface area contributed by atoms with Gasteiger partial charge in [-0.1, -0.05) is 0 Å². The lowest BCUT2D eigenvalue weighted by Crippen LogP contribution is -2.45. The highest BCUT2D eigenvalue weighted by Gasteiger charge is 2.27. The summed E-state index contributed by atoms with van der Waals surface area (Å²) in [6.45, 7) is 2.52. The van der Waals surface area contributed by atoms with Crippen molar-refractivity contribution in [1.82, 2.24) is 4.90 Å². The van der Waals surface area contributed by atoms with E-state index < -0.39 is 11.9 Å². The van der Waals surface area contributed by atoms with Crippen LogP contribution in [-0.2, 0) is 19.1 Å². The molecule has 7 heteroatoms. The first kappa shape index (κ1) is 17.2. The molecular weight excluding hydrogens is 316 g/mol. The number of aryl methyl sites for hydroxylation is 1. The fourth-order valence-corrected chi connectivity index (χ4v) is 3.18. The number of carbonyl (C=O) groups is 3. The summed E-state index contributed by atoms with van der Waals surface area (Å²) >= 11 is 1.57. The fourth-order valence-electron chi connectivity index (χ4n) is 2.40. The number of thiophene rings is 1. The van der Waals surface area contributed by atoms with Gasteiger partial charge in [-0.3, -0.25) is 9.59 Å². The summed E-state index contributed by atoms with van der Waals surface area (Å²) in [7, 11) is 0. The second kappa shape index (κ2) is 7.92. The standard InChI is InChI=1S/C16H20N2O4S/c1-11-4-5-13(23-11)6-7-15(20)22-10-14(19)18-8-2-3-12(9-18)16(17)21/h4-7,12H,2-3,8-10H2,1H3,(H2,17,21)/b7-6+/t12-/m0/s1. The number of ether oxygens (including phenoxy) is 1. The van der Waals surface area contributed by atoms with E-state index in [1.54, 1.807) is 17.4 Å². The highest BCUT2D eigenvalue weighted by Crippen LogP contribution is 2.17. The van der Waals surface area contributed by atoms with Crippen LogP contribution in [0.25, 0.3) is 6.08 Å². The molecule has 1 atom stereocenters. The second-order valence-corrected chi connectivity index (χ2v) is 6.79. The maximum atomic E-state index is 12.0. The maximum Gasteiger partial charge on any atom is 0.331 e. The first-order valence-electron chi connectivity index (χ1n) is 7.44. The van der Waals surface area contributed by atoms with Crippen LogP contribution in [0, 0.1) is 12.8 Å². The van der Waals surface area contributed by atoms with Gasteiger partial charge < -0.3 is 15.4 Å². The smallest absolute Gasteiger partial charge is 0.331 e. The monoisotopic (exact) mass is 336 g/mol. The molecule has 0 radical (unpaired) electrons. The number of hydrogen-bond acceptors (Lipinski definition) is 5. The third-order valence-electron chi connectivity index (χ3n) is 3.66. The summed E-state index contributed by atoms with van der Waals surface area (Å²) in [6.07, 6.45) is 4.39. The molecule has 0 unspecified atom stereocenters. The molecule has 0 spiro atoms. The zero-order valence-electron chi connectivity index (χ0n) is 13.0. The van der Waals surface area contributed by atoms with E-state index in [0.29, 0.717) is 19.5 Å². The lowest BCUT2D eigenvalue weighted by atomic mass is 9.97. The molecule has 1 saturated heterocycles. The second-order valence-electron chi connectivity index (χ2n) is 5.47. The highest BCUT2D eigenvalue weighted by atomic mass is 32.1. The molecule has 1 aromatic rings. The van der Waals surface area contributed by atoms with Crippen LogP contribution in [0.5, 0.6) is 0 Å². The van der Waals surface area contributed by atoms with E-state index >= 15 is 0 Å². The van der Waals surface area contributed by atoms with Gasteiger partial charge in [0.25, 0.3) is 5.91 Å². The summed E-state index contributed by atoms with van der Waals surface area (Å²) < 4.78 is 4.95. The van der Waals surface area contributed by atoms with Gasteiger partial charge in [0.05, 0.1) is 5.92 Å². The number of nitrogens with two attached hydrogens (primary N) is 1. The minimum Gasteiger partial charge on any atom is -0.452 e. The number of hydrogen-bond donors (Lipinski definition) is 1. The molecule has 2 amide bonds. The zero-order chi connectivity index (χ0) is 16.8. The van der Waals surface area contributed by atoms with Crippen LogP contribution >= 0.6 is 11.3 Å². The Hall–Kier alpha value is -2.15. The summed E-state index contributed by atoms with van der Waals surface area (Å²) in [6, 6.07) is 3.87. The van der Waals surface area contributed by atoms with E-state index in [0.717, 1.165) is 16.2 Å². The molecule has 0 aliphatic carbocycles. The Kier molecular flexibility index (Phi) is 5.92. The minimum absolute atomic E-state index is 0.301. The van der Waals surface area contributed by atoms with Crippen molar-refractivity contribution in [3.63, 3.8) is 0 Å².